The molecule has 2 atom stereocenters. The number of benzene rings is 1. The minimum Gasteiger partial charge on any atom is -0.393 e. The molecule has 0 aliphatic rings. The SMILES string of the molecule is Cc1ccc(/C=C/S(=O)(=O)NCC(C)CC(C)O)cc1. The van der Waals surface area contributed by atoms with Crippen molar-refractivity contribution < 1.29 is 13.5 Å². The Hall–Kier alpha value is -1.17. The van der Waals surface area contributed by atoms with Gasteiger partial charge in [-0.15, -0.1) is 0 Å². The molecule has 0 bridgehead atoms. The molecule has 1 aromatic rings. The van der Waals surface area contributed by atoms with Crippen LogP contribution in [0, 0.1) is 12.8 Å². The third-order valence-electron chi connectivity index (χ3n) is 2.89. The van der Waals surface area contributed by atoms with Crippen LogP contribution in [-0.2, 0) is 10.0 Å². The third-order valence-corrected chi connectivity index (χ3v) is 3.96. The molecule has 0 spiro atoms. The highest BCUT2D eigenvalue weighted by molar-refractivity contribution is 7.92. The summed E-state index contributed by atoms with van der Waals surface area (Å²) in [5.74, 6) is 0.0950. The Balaban J connectivity index is 2.55. The van der Waals surface area contributed by atoms with Gasteiger partial charge in [0.1, 0.15) is 0 Å². The highest BCUT2D eigenvalue weighted by Crippen LogP contribution is 2.07. The standard InChI is InChI=1S/C15H23NO3S/c1-12-4-6-15(7-5-12)8-9-20(18,19)16-11-13(2)10-14(3)17/h4-9,13-14,16-17H,10-11H2,1-3H3/b9-8+. The monoisotopic (exact) mass is 297 g/mol. The molecule has 20 heavy (non-hydrogen) atoms. The molecular weight excluding hydrogens is 274 g/mol. The number of nitrogens with one attached hydrogen (secondary N) is 1. The number of aryl methyl sites for hydroxylation is 1. The van der Waals surface area contributed by atoms with Crippen LogP contribution in [0.5, 0.6) is 0 Å². The summed E-state index contributed by atoms with van der Waals surface area (Å²) in [6, 6.07) is 7.61. The van der Waals surface area contributed by atoms with Gasteiger partial charge in [-0.05, 0) is 37.8 Å². The lowest BCUT2D eigenvalue weighted by Crippen LogP contribution is -2.28. The average molecular weight is 297 g/mol. The highest BCUT2D eigenvalue weighted by Gasteiger charge is 2.10. The summed E-state index contributed by atoms with van der Waals surface area (Å²) >= 11 is 0. The molecule has 0 saturated heterocycles. The number of hydrogen-bond acceptors (Lipinski definition) is 3. The second kappa shape index (κ2) is 7.57. The van der Waals surface area contributed by atoms with E-state index in [-0.39, 0.29) is 5.92 Å². The zero-order chi connectivity index (χ0) is 15.2. The van der Waals surface area contributed by atoms with Gasteiger partial charge >= 0.3 is 0 Å². The maximum absolute atomic E-state index is 11.8. The van der Waals surface area contributed by atoms with Crippen molar-refractivity contribution >= 4 is 16.1 Å². The highest BCUT2D eigenvalue weighted by atomic mass is 32.2. The molecule has 1 rings (SSSR count). The van der Waals surface area contributed by atoms with E-state index in [4.69, 9.17) is 0 Å². The van der Waals surface area contributed by atoms with Crippen molar-refractivity contribution in [3.05, 3.63) is 40.8 Å². The van der Waals surface area contributed by atoms with E-state index in [0.717, 1.165) is 11.1 Å². The Morgan fingerprint density at radius 3 is 2.40 bits per heavy atom. The molecule has 5 heteroatoms. The largest absolute Gasteiger partial charge is 0.393 e. The Kier molecular flexibility index (Phi) is 6.39. The first-order valence-corrected chi connectivity index (χ1v) is 8.25. The fourth-order valence-corrected chi connectivity index (χ4v) is 2.77. The molecule has 0 fully saturated rings. The van der Waals surface area contributed by atoms with Crippen molar-refractivity contribution in [1.82, 2.24) is 4.72 Å². The number of sulfonamides is 1. The van der Waals surface area contributed by atoms with Crippen LogP contribution in [0.2, 0.25) is 0 Å². The molecule has 0 amide bonds. The predicted octanol–water partition coefficient (Wildman–Crippen LogP) is 2.29. The van der Waals surface area contributed by atoms with Crippen molar-refractivity contribution in [3.63, 3.8) is 0 Å². The maximum Gasteiger partial charge on any atom is 0.233 e. The minimum absolute atomic E-state index is 0.0950. The molecule has 0 aliphatic heterocycles. The van der Waals surface area contributed by atoms with Gasteiger partial charge in [-0.25, -0.2) is 13.1 Å². The van der Waals surface area contributed by atoms with Crippen molar-refractivity contribution in [3.8, 4) is 0 Å². The lowest BCUT2D eigenvalue weighted by atomic mass is 10.1. The van der Waals surface area contributed by atoms with E-state index in [1.54, 1.807) is 13.0 Å². The zero-order valence-corrected chi connectivity index (χ0v) is 13.0. The fraction of sp³-hybridized carbons (Fsp3) is 0.467. The van der Waals surface area contributed by atoms with Crippen LogP contribution in [0.1, 0.15) is 31.4 Å². The van der Waals surface area contributed by atoms with Crippen LogP contribution < -0.4 is 4.72 Å². The number of rotatable bonds is 7. The Bertz CT molecular complexity index is 533. The second-order valence-corrected chi connectivity index (χ2v) is 6.95. The summed E-state index contributed by atoms with van der Waals surface area (Å²) in [5, 5.41) is 10.4. The summed E-state index contributed by atoms with van der Waals surface area (Å²) in [6.07, 6.45) is 1.73. The summed E-state index contributed by atoms with van der Waals surface area (Å²) in [6.45, 7) is 5.90. The van der Waals surface area contributed by atoms with Crippen molar-refractivity contribution in [2.75, 3.05) is 6.54 Å². The van der Waals surface area contributed by atoms with Crippen molar-refractivity contribution in [2.24, 2.45) is 5.92 Å². The van der Waals surface area contributed by atoms with Gasteiger partial charge in [-0.1, -0.05) is 36.8 Å². The molecule has 2 N–H and O–H groups in total. The van der Waals surface area contributed by atoms with E-state index >= 15 is 0 Å². The molecule has 0 aliphatic carbocycles. The molecule has 0 aromatic heterocycles. The van der Waals surface area contributed by atoms with Gasteiger partial charge < -0.3 is 5.11 Å². The number of aliphatic hydroxyl groups excluding tert-OH is 1. The number of aliphatic hydroxyl groups is 1. The Morgan fingerprint density at radius 2 is 1.85 bits per heavy atom. The Morgan fingerprint density at radius 1 is 1.25 bits per heavy atom. The first-order valence-electron chi connectivity index (χ1n) is 6.71. The third kappa shape index (κ3) is 6.84. The quantitative estimate of drug-likeness (QED) is 0.811. The van der Waals surface area contributed by atoms with Gasteiger partial charge in [-0.3, -0.25) is 0 Å². The maximum atomic E-state index is 11.8. The topological polar surface area (TPSA) is 66.4 Å². The van der Waals surface area contributed by atoms with E-state index in [9.17, 15) is 13.5 Å². The second-order valence-electron chi connectivity index (χ2n) is 5.30. The molecule has 0 saturated carbocycles. The first-order chi connectivity index (χ1) is 9.28. The average Bonchev–Trinajstić information content (AvgIpc) is 2.35. The molecule has 2 unspecified atom stereocenters. The molecule has 1 aromatic carbocycles. The molecule has 112 valence electrons. The number of hydrogen-bond donors (Lipinski definition) is 2. The van der Waals surface area contributed by atoms with E-state index in [2.05, 4.69) is 4.72 Å². The molecule has 0 heterocycles. The summed E-state index contributed by atoms with van der Waals surface area (Å²) in [5.41, 5.74) is 1.98. The normalized spacial score (nSPS) is 15.4. The lowest BCUT2D eigenvalue weighted by molar-refractivity contribution is 0.165. The van der Waals surface area contributed by atoms with Gasteiger partial charge in [0.25, 0.3) is 0 Å². The van der Waals surface area contributed by atoms with Crippen molar-refractivity contribution in [2.45, 2.75) is 33.3 Å². The van der Waals surface area contributed by atoms with Crippen molar-refractivity contribution in [1.29, 1.82) is 0 Å². The minimum atomic E-state index is -3.43. The smallest absolute Gasteiger partial charge is 0.233 e. The van der Waals surface area contributed by atoms with Gasteiger partial charge in [0.15, 0.2) is 0 Å². The van der Waals surface area contributed by atoms with E-state index in [0.29, 0.717) is 13.0 Å². The predicted molar refractivity (Wildman–Crippen MR) is 82.6 cm³/mol. The van der Waals surface area contributed by atoms with E-state index in [1.807, 2.05) is 38.1 Å². The van der Waals surface area contributed by atoms with Gasteiger partial charge in [0.05, 0.1) is 6.10 Å². The lowest BCUT2D eigenvalue weighted by Gasteiger charge is -2.13. The van der Waals surface area contributed by atoms with Crippen LogP contribution in [0.3, 0.4) is 0 Å². The van der Waals surface area contributed by atoms with Crippen LogP contribution in [0.4, 0.5) is 0 Å². The summed E-state index contributed by atoms with van der Waals surface area (Å²) in [4.78, 5) is 0. The molecule has 0 radical (unpaired) electrons. The first kappa shape index (κ1) is 16.9. The van der Waals surface area contributed by atoms with Gasteiger partial charge in [-0.2, -0.15) is 0 Å². The summed E-state index contributed by atoms with van der Waals surface area (Å²) < 4.78 is 26.1. The van der Waals surface area contributed by atoms with Gasteiger partial charge in [0.2, 0.25) is 10.0 Å². The molecule has 4 nitrogen and oxygen atoms in total. The van der Waals surface area contributed by atoms with Crippen LogP contribution in [0.25, 0.3) is 6.08 Å². The van der Waals surface area contributed by atoms with E-state index < -0.39 is 16.1 Å². The summed E-state index contributed by atoms with van der Waals surface area (Å²) in [7, 11) is -3.43. The van der Waals surface area contributed by atoms with Crippen LogP contribution in [-0.4, -0.2) is 26.2 Å². The molecular formula is C15H23NO3S. The van der Waals surface area contributed by atoms with Crippen LogP contribution in [0.15, 0.2) is 29.7 Å². The van der Waals surface area contributed by atoms with E-state index in [1.165, 1.54) is 5.41 Å². The zero-order valence-electron chi connectivity index (χ0n) is 12.2. The van der Waals surface area contributed by atoms with Gasteiger partial charge in [0, 0.05) is 12.0 Å². The van der Waals surface area contributed by atoms with Crippen LogP contribution >= 0.6 is 0 Å². The Labute approximate surface area is 121 Å². The fourth-order valence-electron chi connectivity index (χ4n) is 1.82.